The molecule has 2 aromatic heterocycles. The molecule has 3 rings (SSSR count). The van der Waals surface area contributed by atoms with Crippen LogP contribution < -0.4 is 10.6 Å². The van der Waals surface area contributed by atoms with Crippen LogP contribution in [0, 0.1) is 0 Å². The molecule has 1 aliphatic rings. The van der Waals surface area contributed by atoms with Gasteiger partial charge in [0.05, 0.1) is 12.2 Å². The van der Waals surface area contributed by atoms with E-state index >= 15 is 0 Å². The number of amides is 2. The Bertz CT molecular complexity index is 806. The van der Waals surface area contributed by atoms with Gasteiger partial charge in [0, 0.05) is 48.9 Å². The van der Waals surface area contributed by atoms with Crippen molar-refractivity contribution in [2.45, 2.75) is 51.2 Å². The summed E-state index contributed by atoms with van der Waals surface area (Å²) < 4.78 is 44.9. The third-order valence-electron chi connectivity index (χ3n) is 4.30. The van der Waals surface area contributed by atoms with E-state index < -0.39 is 18.0 Å². The zero-order valence-corrected chi connectivity index (χ0v) is 15.4. The van der Waals surface area contributed by atoms with E-state index in [0.29, 0.717) is 18.6 Å². The number of rotatable bonds is 5. The van der Waals surface area contributed by atoms with Crippen molar-refractivity contribution < 1.29 is 22.7 Å². The van der Waals surface area contributed by atoms with E-state index in [2.05, 4.69) is 25.7 Å². The lowest BCUT2D eigenvalue weighted by Crippen LogP contribution is -2.43. The maximum absolute atomic E-state index is 12.5. The van der Waals surface area contributed by atoms with Gasteiger partial charge >= 0.3 is 12.2 Å². The van der Waals surface area contributed by atoms with Crippen molar-refractivity contribution in [3.05, 3.63) is 41.7 Å². The number of aromatic nitrogens is 4. The molecule has 0 aliphatic carbocycles. The number of nitrogens with one attached hydrogen (secondary N) is 2. The van der Waals surface area contributed by atoms with Gasteiger partial charge in [0.15, 0.2) is 0 Å². The van der Waals surface area contributed by atoms with Gasteiger partial charge in [-0.15, -0.1) is 0 Å². The second-order valence-electron chi connectivity index (χ2n) is 6.77. The summed E-state index contributed by atoms with van der Waals surface area (Å²) in [5.41, 5.74) is 1.24. The van der Waals surface area contributed by atoms with Gasteiger partial charge in [0.2, 0.25) is 5.82 Å². The predicted molar refractivity (Wildman–Crippen MR) is 92.1 cm³/mol. The summed E-state index contributed by atoms with van der Waals surface area (Å²) in [6.07, 6.45) is 1.45. The van der Waals surface area contributed by atoms with Crippen LogP contribution in [0.15, 0.2) is 24.8 Å². The third-order valence-corrected chi connectivity index (χ3v) is 4.30. The second-order valence-corrected chi connectivity index (χ2v) is 6.77. The first kappa shape index (κ1) is 20.1. The largest absolute Gasteiger partial charge is 0.451 e. The molecule has 8 nitrogen and oxygen atoms in total. The molecule has 28 heavy (non-hydrogen) atoms. The molecule has 1 saturated heterocycles. The lowest BCUT2D eigenvalue weighted by molar-refractivity contribution is -0.145. The number of ether oxygens (including phenoxy) is 1. The summed E-state index contributed by atoms with van der Waals surface area (Å²) in [5.74, 6) is -1.21. The number of alkyl halides is 3. The Kier molecular flexibility index (Phi) is 5.82. The Morgan fingerprint density at radius 1 is 1.32 bits per heavy atom. The summed E-state index contributed by atoms with van der Waals surface area (Å²) in [5, 5.41) is 9.72. The van der Waals surface area contributed by atoms with Crippen LogP contribution in [0.3, 0.4) is 0 Å². The molecule has 1 aliphatic heterocycles. The maximum Gasteiger partial charge on any atom is 0.451 e. The molecule has 2 amide bonds. The Morgan fingerprint density at radius 2 is 2.04 bits per heavy atom. The average Bonchev–Trinajstić information content (AvgIpc) is 3.28. The van der Waals surface area contributed by atoms with Crippen LogP contribution in [0.5, 0.6) is 0 Å². The smallest absolute Gasteiger partial charge is 0.371 e. The summed E-state index contributed by atoms with van der Waals surface area (Å²) in [6, 6.07) is -0.457. The fourth-order valence-corrected chi connectivity index (χ4v) is 2.84. The number of carbonyl (C=O) groups excluding carboxylic acids is 1. The molecule has 2 atom stereocenters. The molecule has 0 aromatic carbocycles. The summed E-state index contributed by atoms with van der Waals surface area (Å²) in [4.78, 5) is 18.7. The van der Waals surface area contributed by atoms with Crippen LogP contribution in [0.1, 0.15) is 49.4 Å². The first-order chi connectivity index (χ1) is 13.2. The first-order valence-corrected chi connectivity index (χ1v) is 8.82. The minimum Gasteiger partial charge on any atom is -0.371 e. The third kappa shape index (κ3) is 4.77. The average molecular weight is 398 g/mol. The second kappa shape index (κ2) is 8.13. The summed E-state index contributed by atoms with van der Waals surface area (Å²) in [7, 11) is 0. The normalized spacial score (nSPS) is 19.8. The van der Waals surface area contributed by atoms with Gasteiger partial charge in [-0.1, -0.05) is 0 Å². The molecular weight excluding hydrogens is 377 g/mol. The van der Waals surface area contributed by atoms with Crippen molar-refractivity contribution in [1.82, 2.24) is 30.4 Å². The number of carbonyl (C=O) groups is 1. The van der Waals surface area contributed by atoms with Gasteiger partial charge in [-0.25, -0.2) is 14.8 Å². The van der Waals surface area contributed by atoms with Crippen molar-refractivity contribution >= 4 is 6.03 Å². The molecule has 11 heteroatoms. The zero-order valence-electron chi connectivity index (χ0n) is 15.4. The first-order valence-electron chi connectivity index (χ1n) is 8.82. The predicted octanol–water partition coefficient (Wildman–Crippen LogP) is 2.60. The molecule has 2 aromatic rings. The number of halogens is 3. The Balaban J connectivity index is 1.53. The standard InChI is InChI=1S/C17H21F3N6O2/c1-10(2)26-9-12(8-24-26)14-13(3-4-28-14)25-16(27)23-7-11-5-21-15(22-6-11)17(18,19)20/h5-6,8-10,13-14H,3-4,7H2,1-2H3,(H2,23,25,27)/t13-,14+/m1/s1. The highest BCUT2D eigenvalue weighted by Crippen LogP contribution is 2.29. The van der Waals surface area contributed by atoms with E-state index in [0.717, 1.165) is 18.0 Å². The Labute approximate surface area is 159 Å². The van der Waals surface area contributed by atoms with E-state index in [1.807, 2.05) is 24.7 Å². The minimum absolute atomic E-state index is 0.00744. The molecule has 3 heterocycles. The van der Waals surface area contributed by atoms with Crippen molar-refractivity contribution in [3.8, 4) is 0 Å². The van der Waals surface area contributed by atoms with Gasteiger partial charge in [-0.2, -0.15) is 18.3 Å². The summed E-state index contributed by atoms with van der Waals surface area (Å²) >= 11 is 0. The highest BCUT2D eigenvalue weighted by Gasteiger charge is 2.34. The minimum atomic E-state index is -4.59. The molecule has 2 N–H and O–H groups in total. The van der Waals surface area contributed by atoms with Crippen molar-refractivity contribution in [2.24, 2.45) is 0 Å². The molecule has 0 saturated carbocycles. The van der Waals surface area contributed by atoms with Crippen LogP contribution >= 0.6 is 0 Å². The monoisotopic (exact) mass is 398 g/mol. The molecular formula is C17H21F3N6O2. The SMILES string of the molecule is CC(C)n1cc([C@@H]2OCC[C@H]2NC(=O)NCc2cnc(C(F)(F)F)nc2)cn1. The van der Waals surface area contributed by atoms with Crippen molar-refractivity contribution in [1.29, 1.82) is 0 Å². The van der Waals surface area contributed by atoms with Crippen LogP contribution in [0.4, 0.5) is 18.0 Å². The number of nitrogens with zero attached hydrogens (tertiary/aromatic N) is 4. The van der Waals surface area contributed by atoms with Crippen LogP contribution in [-0.2, 0) is 17.5 Å². The zero-order chi connectivity index (χ0) is 20.3. The van der Waals surface area contributed by atoms with E-state index in [9.17, 15) is 18.0 Å². The molecule has 0 unspecified atom stereocenters. The highest BCUT2D eigenvalue weighted by atomic mass is 19.4. The van der Waals surface area contributed by atoms with Gasteiger partial charge in [0.25, 0.3) is 0 Å². The van der Waals surface area contributed by atoms with Crippen molar-refractivity contribution in [2.75, 3.05) is 6.61 Å². The van der Waals surface area contributed by atoms with Gasteiger partial charge in [-0.05, 0) is 20.3 Å². The highest BCUT2D eigenvalue weighted by molar-refractivity contribution is 5.74. The Hall–Kier alpha value is -2.69. The molecule has 0 bridgehead atoms. The van der Waals surface area contributed by atoms with Gasteiger partial charge in [-0.3, -0.25) is 4.68 Å². The molecule has 0 spiro atoms. The topological polar surface area (TPSA) is 94.0 Å². The van der Waals surface area contributed by atoms with E-state index in [1.165, 1.54) is 0 Å². The molecule has 152 valence electrons. The Morgan fingerprint density at radius 3 is 2.64 bits per heavy atom. The lowest BCUT2D eigenvalue weighted by Gasteiger charge is -2.19. The maximum atomic E-state index is 12.5. The summed E-state index contributed by atoms with van der Waals surface area (Å²) in [6.45, 7) is 4.55. The molecule has 1 fully saturated rings. The van der Waals surface area contributed by atoms with Crippen LogP contribution in [0.25, 0.3) is 0 Å². The van der Waals surface area contributed by atoms with E-state index in [-0.39, 0.29) is 24.7 Å². The van der Waals surface area contributed by atoms with Gasteiger partial charge < -0.3 is 15.4 Å². The fourth-order valence-electron chi connectivity index (χ4n) is 2.84. The van der Waals surface area contributed by atoms with E-state index in [1.54, 1.807) is 6.20 Å². The van der Waals surface area contributed by atoms with Gasteiger partial charge in [0.1, 0.15) is 6.10 Å². The number of hydrogen-bond acceptors (Lipinski definition) is 5. The van der Waals surface area contributed by atoms with E-state index in [4.69, 9.17) is 4.74 Å². The quantitative estimate of drug-likeness (QED) is 0.808. The van der Waals surface area contributed by atoms with Crippen LogP contribution in [-0.4, -0.2) is 38.4 Å². The number of hydrogen-bond donors (Lipinski definition) is 2. The van der Waals surface area contributed by atoms with Crippen LogP contribution in [0.2, 0.25) is 0 Å². The lowest BCUT2D eigenvalue weighted by atomic mass is 10.1. The van der Waals surface area contributed by atoms with Crippen molar-refractivity contribution in [3.63, 3.8) is 0 Å². The number of urea groups is 1. The molecule has 0 radical (unpaired) electrons. The fraction of sp³-hybridized carbons (Fsp3) is 0.529.